The first-order valence-electron chi connectivity index (χ1n) is 26.6. The van der Waals surface area contributed by atoms with Crippen LogP contribution in [0.4, 0.5) is 0 Å². The molecule has 0 aromatic heterocycles. The largest absolute Gasteiger partial charge is 0.455 e. The molecule has 2 aliphatic heterocycles. The third-order valence-corrected chi connectivity index (χ3v) is 16.7. The lowest BCUT2D eigenvalue weighted by Crippen LogP contribution is -2.82. The van der Waals surface area contributed by atoms with Gasteiger partial charge < -0.3 is 74.4 Å². The van der Waals surface area contributed by atoms with E-state index in [0.717, 1.165) is 13.8 Å². The summed E-state index contributed by atoms with van der Waals surface area (Å²) in [6, 6.07) is 21.9. The lowest BCUT2D eigenvalue weighted by atomic mass is 9.44. The van der Waals surface area contributed by atoms with Crippen LogP contribution in [0, 0.1) is 16.7 Å². The molecule has 2 saturated carbocycles. The first-order valence-corrected chi connectivity index (χ1v) is 26.6. The molecule has 23 nitrogen and oxygen atoms in total. The standard InChI is InChI=1S/C58H68N2O21/c1-29-35(26-58(74)50(80-53(72)34-21-14-9-15-22-34)48-56(6,37(64)25-38-57(48,28-75-38)81-31(3)63)49(70)46(76-30(2)62)41(29)55(58,4)5)78-54(73)47(42(32-17-10-7-11-18-32)60-51(71)33-19-12-8-13-20-33)79-40(66)24-16-23-39(65)59-52-45(69)44(68)43(67)36(27-61)77-52/h7-15,17-22,35-38,42-48,50,52,61,64,67-69,74H,16,23-28H2,1-6H3,(H,59,65)(H,60,71)/t35-,36+,37-,38+,42-,43+,44-,45+,46+,47+,48?,50-,52+,56+,57-,58+/m0/s1. The number of ether oxygens (including phenoxy) is 7. The number of nitrogens with one attached hydrogen (secondary N) is 2. The van der Waals surface area contributed by atoms with Crippen molar-refractivity contribution in [3.8, 4) is 0 Å². The highest BCUT2D eigenvalue weighted by Crippen LogP contribution is 2.64. The molecule has 436 valence electrons. The molecule has 3 aromatic carbocycles. The van der Waals surface area contributed by atoms with E-state index >= 15 is 9.59 Å². The van der Waals surface area contributed by atoms with Crippen LogP contribution in [-0.4, -0.2) is 170 Å². The zero-order valence-corrected chi connectivity index (χ0v) is 45.4. The number of benzene rings is 3. The molecule has 2 amide bonds. The van der Waals surface area contributed by atoms with Crippen molar-refractivity contribution in [1.82, 2.24) is 10.6 Å². The average molecular weight is 1130 g/mol. The monoisotopic (exact) mass is 1130 g/mol. The van der Waals surface area contributed by atoms with Crippen LogP contribution in [0.25, 0.3) is 0 Å². The van der Waals surface area contributed by atoms with Gasteiger partial charge in [-0.15, -0.1) is 0 Å². The average Bonchev–Trinajstić information content (AvgIpc) is 2.23. The SMILES string of the molecule is CC(=O)O[C@H]1C(=O)[C@@]2(C)C([C@H](OC(=O)c3ccccc3)[C@]3(O)C[C@H](OC(=O)[C@H](OC(=O)CCCC(=O)N[C@@H]4O[C@H](CO)[C@@H](O)[C@H](O)[C@H]4O)[C@@H](NC(=O)c4ccccc4)c4ccccc4)C(C)=C1C3(C)C)[C@]1(OC(C)=O)CO[C@@H]1C[C@@H]2O. The Kier molecular flexibility index (Phi) is 17.7. The Hall–Kier alpha value is -6.96. The van der Waals surface area contributed by atoms with Crippen molar-refractivity contribution < 1.29 is 102 Å². The molecular formula is C58H68N2O21. The number of ketones is 1. The molecule has 5 aliphatic rings. The molecule has 16 atom stereocenters. The van der Waals surface area contributed by atoms with Gasteiger partial charge in [-0.25, -0.2) is 9.59 Å². The van der Waals surface area contributed by atoms with Crippen LogP contribution in [0.1, 0.15) is 106 Å². The molecule has 2 saturated heterocycles. The Morgan fingerprint density at radius 3 is 1.98 bits per heavy atom. The molecule has 8 rings (SSSR count). The number of aliphatic hydroxyl groups excluding tert-OH is 5. The number of fused-ring (bicyclic) bond motifs is 5. The number of hydrogen-bond acceptors (Lipinski definition) is 21. The van der Waals surface area contributed by atoms with E-state index in [1.54, 1.807) is 54.6 Å². The zero-order valence-electron chi connectivity index (χ0n) is 45.4. The molecule has 0 radical (unpaired) electrons. The van der Waals surface area contributed by atoms with Crippen molar-refractivity contribution in [1.29, 1.82) is 0 Å². The predicted molar refractivity (Wildman–Crippen MR) is 277 cm³/mol. The summed E-state index contributed by atoms with van der Waals surface area (Å²) >= 11 is 0. The van der Waals surface area contributed by atoms with Crippen LogP contribution in [0.2, 0.25) is 0 Å². The van der Waals surface area contributed by atoms with Gasteiger partial charge in [-0.2, -0.15) is 0 Å². The molecule has 1 unspecified atom stereocenters. The normalized spacial score (nSPS) is 32.7. The molecule has 2 bridgehead atoms. The first kappa shape index (κ1) is 60.1. The minimum atomic E-state index is -2.55. The van der Waals surface area contributed by atoms with E-state index in [2.05, 4.69) is 10.6 Å². The van der Waals surface area contributed by atoms with Crippen molar-refractivity contribution >= 4 is 47.4 Å². The number of Topliss-reactive ketones (excluding diaryl/α,β-unsaturated/α-hetero) is 1. The molecule has 3 aromatic rings. The van der Waals surface area contributed by atoms with Crippen molar-refractivity contribution in [3.63, 3.8) is 0 Å². The van der Waals surface area contributed by atoms with E-state index in [4.69, 9.17) is 33.2 Å². The maximum Gasteiger partial charge on any atom is 0.350 e. The van der Waals surface area contributed by atoms with E-state index < -0.39 is 181 Å². The van der Waals surface area contributed by atoms with Gasteiger partial charge in [0, 0.05) is 50.5 Å². The number of carbonyl (C=O) groups is 8. The van der Waals surface area contributed by atoms with E-state index in [0.29, 0.717) is 0 Å². The van der Waals surface area contributed by atoms with E-state index in [9.17, 15) is 59.4 Å². The van der Waals surface area contributed by atoms with Crippen LogP contribution >= 0.6 is 0 Å². The second-order valence-corrected chi connectivity index (χ2v) is 22.0. The van der Waals surface area contributed by atoms with Gasteiger partial charge in [0.2, 0.25) is 12.0 Å². The number of hydrogen-bond donors (Lipinski definition) is 8. The lowest BCUT2D eigenvalue weighted by molar-refractivity contribution is -0.346. The Morgan fingerprint density at radius 1 is 0.778 bits per heavy atom. The number of amides is 2. The third-order valence-electron chi connectivity index (χ3n) is 16.7. The molecule has 81 heavy (non-hydrogen) atoms. The summed E-state index contributed by atoms with van der Waals surface area (Å²) in [6.45, 7) is 6.83. The molecule has 8 N–H and O–H groups in total. The van der Waals surface area contributed by atoms with Crippen LogP contribution in [0.5, 0.6) is 0 Å². The highest BCUT2D eigenvalue weighted by Gasteiger charge is 2.78. The highest BCUT2D eigenvalue weighted by atomic mass is 16.6. The maximum absolute atomic E-state index is 15.8. The molecule has 3 aliphatic carbocycles. The van der Waals surface area contributed by atoms with Gasteiger partial charge in [0.15, 0.2) is 23.7 Å². The van der Waals surface area contributed by atoms with Gasteiger partial charge >= 0.3 is 29.8 Å². The smallest absolute Gasteiger partial charge is 0.350 e. The fourth-order valence-electron chi connectivity index (χ4n) is 12.3. The number of aliphatic hydroxyl groups is 6. The Bertz CT molecular complexity index is 2900. The summed E-state index contributed by atoms with van der Waals surface area (Å²) < 4.78 is 42.1. The summed E-state index contributed by atoms with van der Waals surface area (Å²) in [6.07, 6.45) is -20.8. The number of rotatable bonds is 17. The van der Waals surface area contributed by atoms with Crippen LogP contribution in [-0.2, 0) is 61.9 Å². The van der Waals surface area contributed by atoms with Gasteiger partial charge in [0.1, 0.15) is 54.4 Å². The van der Waals surface area contributed by atoms with E-state index in [-0.39, 0.29) is 40.7 Å². The van der Waals surface area contributed by atoms with Gasteiger partial charge in [0.25, 0.3) is 5.91 Å². The number of esters is 5. The van der Waals surface area contributed by atoms with Gasteiger partial charge in [-0.1, -0.05) is 80.6 Å². The van der Waals surface area contributed by atoms with Crippen LogP contribution < -0.4 is 10.6 Å². The van der Waals surface area contributed by atoms with Crippen molar-refractivity contribution in [3.05, 3.63) is 119 Å². The third kappa shape index (κ3) is 11.4. The van der Waals surface area contributed by atoms with Crippen molar-refractivity contribution in [2.45, 2.75) is 158 Å². The Morgan fingerprint density at radius 2 is 1.40 bits per heavy atom. The van der Waals surface area contributed by atoms with Gasteiger partial charge in [-0.05, 0) is 61.2 Å². The highest BCUT2D eigenvalue weighted by molar-refractivity contribution is 5.96. The van der Waals surface area contributed by atoms with Crippen LogP contribution in [0.15, 0.2) is 102 Å². The molecular weight excluding hydrogens is 1060 g/mol. The minimum Gasteiger partial charge on any atom is -0.455 e. The minimum absolute atomic E-state index is 0.000384. The quantitative estimate of drug-likeness (QED) is 0.0537. The summed E-state index contributed by atoms with van der Waals surface area (Å²) in [5, 5.41) is 71.8. The predicted octanol–water partition coefficient (Wildman–Crippen LogP) is 1.37. The lowest BCUT2D eigenvalue weighted by Gasteiger charge is -2.67. The molecule has 4 fully saturated rings. The maximum atomic E-state index is 15.8. The second-order valence-electron chi connectivity index (χ2n) is 22.0. The summed E-state index contributed by atoms with van der Waals surface area (Å²) in [4.78, 5) is 114. The van der Waals surface area contributed by atoms with Crippen molar-refractivity contribution in [2.75, 3.05) is 13.2 Å². The van der Waals surface area contributed by atoms with Crippen LogP contribution in [0.3, 0.4) is 0 Å². The van der Waals surface area contributed by atoms with Gasteiger partial charge in [-0.3, -0.25) is 28.8 Å². The number of carbonyl (C=O) groups excluding carboxylic acids is 8. The molecule has 0 spiro atoms. The summed E-state index contributed by atoms with van der Waals surface area (Å²) in [7, 11) is 0. The topological polar surface area (TPSA) is 347 Å². The van der Waals surface area contributed by atoms with Gasteiger partial charge in [0.05, 0.1) is 36.2 Å². The Balaban J connectivity index is 1.20. The first-order chi connectivity index (χ1) is 38.3. The van der Waals surface area contributed by atoms with E-state index in [1.165, 1.54) is 64.1 Å². The summed E-state index contributed by atoms with van der Waals surface area (Å²) in [5.74, 6) is -9.36. The zero-order chi connectivity index (χ0) is 58.9. The fourth-order valence-corrected chi connectivity index (χ4v) is 12.3. The molecule has 2 heterocycles. The van der Waals surface area contributed by atoms with Crippen molar-refractivity contribution in [2.24, 2.45) is 16.7 Å². The Labute approximate surface area is 465 Å². The fraction of sp³-hybridized carbons (Fsp3) is 0.517. The van der Waals surface area contributed by atoms with E-state index in [1.807, 2.05) is 0 Å². The second kappa shape index (κ2) is 23.9. The molecule has 23 heteroatoms. The summed E-state index contributed by atoms with van der Waals surface area (Å²) in [5.41, 5.74) is -8.06.